The Labute approximate surface area is 221 Å². The molecule has 1 amide bonds. The van der Waals surface area contributed by atoms with Gasteiger partial charge in [-0.15, -0.1) is 0 Å². The maximum atomic E-state index is 14.8. The number of hydrogen-bond donors (Lipinski definition) is 1. The number of hydrogen-bond acceptors (Lipinski definition) is 5. The molecule has 2 N–H and O–H groups in total. The third kappa shape index (κ3) is 7.34. The molecule has 2 atom stereocenters. The summed E-state index contributed by atoms with van der Waals surface area (Å²) in [5.41, 5.74) is 6.43. The van der Waals surface area contributed by atoms with Gasteiger partial charge in [0.05, 0.1) is 18.2 Å². The maximum absolute atomic E-state index is 14.8. The molecule has 37 heavy (non-hydrogen) atoms. The van der Waals surface area contributed by atoms with Crippen LogP contribution in [-0.4, -0.2) is 58.5 Å². The van der Waals surface area contributed by atoms with Gasteiger partial charge >= 0.3 is 0 Å². The van der Waals surface area contributed by atoms with Crippen molar-refractivity contribution in [3.8, 4) is 11.4 Å². The van der Waals surface area contributed by atoms with Crippen LogP contribution in [0, 0.1) is 11.2 Å². The van der Waals surface area contributed by atoms with Crippen LogP contribution in [-0.2, 0) is 16.1 Å². The Balaban J connectivity index is 2.19. The second-order valence-electron chi connectivity index (χ2n) is 10.1. The Morgan fingerprint density at radius 1 is 1.22 bits per heavy atom. The summed E-state index contributed by atoms with van der Waals surface area (Å²) in [6.07, 6.45) is 0.251. The lowest BCUT2D eigenvalue weighted by molar-refractivity contribution is -0.140. The van der Waals surface area contributed by atoms with Crippen molar-refractivity contribution in [2.45, 2.75) is 45.8 Å². The molecule has 0 bridgehead atoms. The van der Waals surface area contributed by atoms with Crippen molar-refractivity contribution in [2.24, 2.45) is 11.1 Å². The van der Waals surface area contributed by atoms with Crippen molar-refractivity contribution in [1.82, 2.24) is 19.7 Å². The Morgan fingerprint density at radius 2 is 1.92 bits per heavy atom. The molecule has 3 aromatic rings. The van der Waals surface area contributed by atoms with Gasteiger partial charge in [0.1, 0.15) is 19.1 Å². The summed E-state index contributed by atoms with van der Waals surface area (Å²) in [7, 11) is 1.44. The number of benzene rings is 2. The minimum Gasteiger partial charge on any atom is -0.375 e. The molecule has 7 nitrogen and oxygen atoms in total. The topological polar surface area (TPSA) is 86.3 Å². The summed E-state index contributed by atoms with van der Waals surface area (Å²) < 4.78 is 34.8. The predicted octanol–water partition coefficient (Wildman–Crippen LogP) is 5.04. The van der Waals surface area contributed by atoms with E-state index in [0.29, 0.717) is 17.4 Å². The first-order valence-corrected chi connectivity index (χ1v) is 12.5. The fourth-order valence-corrected chi connectivity index (χ4v) is 4.36. The Kier molecular flexibility index (Phi) is 9.75. The summed E-state index contributed by atoms with van der Waals surface area (Å²) >= 11 is 6.15. The van der Waals surface area contributed by atoms with Gasteiger partial charge in [0.2, 0.25) is 5.91 Å². The van der Waals surface area contributed by atoms with Crippen LogP contribution in [0.5, 0.6) is 0 Å². The van der Waals surface area contributed by atoms with Crippen molar-refractivity contribution in [1.29, 1.82) is 0 Å². The fraction of sp³-hybridized carbons (Fsp3) is 0.444. The number of ether oxygens (including phenoxy) is 1. The van der Waals surface area contributed by atoms with Crippen molar-refractivity contribution in [3.05, 3.63) is 70.8 Å². The number of carbonyl (C=O) groups is 1. The second kappa shape index (κ2) is 12.6. The molecular formula is C27H34ClF2N5O2. The quantitative estimate of drug-likeness (QED) is 0.373. The van der Waals surface area contributed by atoms with E-state index in [0.717, 1.165) is 5.56 Å². The molecule has 0 aliphatic carbocycles. The first-order valence-electron chi connectivity index (χ1n) is 12.1. The number of nitrogens with zero attached hydrogens (tertiary/aromatic N) is 4. The molecule has 0 spiro atoms. The number of nitrogens with two attached hydrogens (primary N) is 1. The van der Waals surface area contributed by atoms with Crippen LogP contribution in [0.15, 0.2) is 48.5 Å². The standard InChI is InChI=1S/C27H34ClF2N5O2/c1-27(2,3)24(34(23(36)17-37-4)13-12-20(31)15-29)26-32-25(21-14-19(28)10-11-22(21)30)33-35(26)16-18-8-6-5-7-9-18/h5-11,14,20,24H,12-13,15-17,31H2,1-4H3/t20-,24-/m0/s1. The highest BCUT2D eigenvalue weighted by Crippen LogP contribution is 2.39. The summed E-state index contributed by atoms with van der Waals surface area (Å²) in [6, 6.07) is 12.5. The van der Waals surface area contributed by atoms with Gasteiger partial charge in [-0.05, 0) is 35.6 Å². The van der Waals surface area contributed by atoms with Crippen LogP contribution in [0.4, 0.5) is 8.78 Å². The largest absolute Gasteiger partial charge is 0.375 e. The molecule has 1 aromatic heterocycles. The first kappa shape index (κ1) is 28.7. The van der Waals surface area contributed by atoms with Crippen molar-refractivity contribution in [2.75, 3.05) is 26.9 Å². The van der Waals surface area contributed by atoms with Gasteiger partial charge in [-0.1, -0.05) is 62.7 Å². The molecule has 3 rings (SSSR count). The highest BCUT2D eigenvalue weighted by atomic mass is 35.5. The number of halogens is 3. The molecule has 2 aromatic carbocycles. The van der Waals surface area contributed by atoms with Gasteiger partial charge in [-0.25, -0.2) is 18.4 Å². The first-order chi connectivity index (χ1) is 17.5. The van der Waals surface area contributed by atoms with Gasteiger partial charge in [-0.2, -0.15) is 5.10 Å². The number of amides is 1. The molecule has 1 heterocycles. The monoisotopic (exact) mass is 533 g/mol. The molecule has 0 radical (unpaired) electrons. The summed E-state index contributed by atoms with van der Waals surface area (Å²) in [5, 5.41) is 5.01. The normalized spacial score (nSPS) is 13.4. The smallest absolute Gasteiger partial charge is 0.249 e. The lowest BCUT2D eigenvalue weighted by Gasteiger charge is -2.40. The Morgan fingerprint density at radius 3 is 2.54 bits per heavy atom. The van der Waals surface area contributed by atoms with Crippen molar-refractivity contribution >= 4 is 17.5 Å². The van der Waals surface area contributed by atoms with E-state index in [9.17, 15) is 13.6 Å². The van der Waals surface area contributed by atoms with Gasteiger partial charge in [-0.3, -0.25) is 4.79 Å². The van der Waals surface area contributed by atoms with Crippen LogP contribution >= 0.6 is 11.6 Å². The number of rotatable bonds is 11. The van der Waals surface area contributed by atoms with Gasteiger partial charge in [0, 0.05) is 24.7 Å². The van der Waals surface area contributed by atoms with Crippen molar-refractivity contribution < 1.29 is 18.3 Å². The fourth-order valence-electron chi connectivity index (χ4n) is 4.19. The van der Waals surface area contributed by atoms with E-state index < -0.39 is 30.0 Å². The molecule has 0 aliphatic rings. The minimum atomic E-state index is -0.711. The Bertz CT molecular complexity index is 1180. The summed E-state index contributed by atoms with van der Waals surface area (Å²) in [5.74, 6) is -0.191. The summed E-state index contributed by atoms with van der Waals surface area (Å²) in [4.78, 5) is 19.7. The molecule has 0 unspecified atom stereocenters. The van der Waals surface area contributed by atoms with E-state index in [1.54, 1.807) is 9.58 Å². The molecule has 0 fully saturated rings. The van der Waals surface area contributed by atoms with E-state index in [2.05, 4.69) is 5.10 Å². The average Bonchev–Trinajstić information content (AvgIpc) is 3.25. The van der Waals surface area contributed by atoms with Crippen LogP contribution in [0.2, 0.25) is 5.02 Å². The van der Waals surface area contributed by atoms with Gasteiger partial charge in [0.25, 0.3) is 0 Å². The lowest BCUT2D eigenvalue weighted by atomic mass is 9.84. The molecule has 10 heteroatoms. The highest BCUT2D eigenvalue weighted by molar-refractivity contribution is 6.30. The van der Waals surface area contributed by atoms with Crippen LogP contribution in [0.3, 0.4) is 0 Å². The zero-order chi connectivity index (χ0) is 27.2. The third-order valence-electron chi connectivity index (χ3n) is 5.95. The van der Waals surface area contributed by atoms with Gasteiger partial charge < -0.3 is 15.4 Å². The van der Waals surface area contributed by atoms with Gasteiger partial charge in [0.15, 0.2) is 11.6 Å². The van der Waals surface area contributed by atoms with Crippen LogP contribution in [0.1, 0.15) is 44.6 Å². The number of aromatic nitrogens is 3. The Hall–Kier alpha value is -2.88. The van der Waals surface area contributed by atoms with Crippen molar-refractivity contribution in [3.63, 3.8) is 0 Å². The van der Waals surface area contributed by atoms with E-state index in [4.69, 9.17) is 27.1 Å². The zero-order valence-electron chi connectivity index (χ0n) is 21.6. The highest BCUT2D eigenvalue weighted by Gasteiger charge is 2.39. The maximum Gasteiger partial charge on any atom is 0.249 e. The molecular weight excluding hydrogens is 500 g/mol. The molecule has 0 saturated heterocycles. The van der Waals surface area contributed by atoms with E-state index in [-0.39, 0.29) is 36.9 Å². The third-order valence-corrected chi connectivity index (χ3v) is 6.18. The van der Waals surface area contributed by atoms with Crippen LogP contribution in [0.25, 0.3) is 11.4 Å². The predicted molar refractivity (Wildman–Crippen MR) is 140 cm³/mol. The number of carbonyl (C=O) groups excluding carboxylic acids is 1. The van der Waals surface area contributed by atoms with Crippen LogP contribution < -0.4 is 5.73 Å². The second-order valence-corrected chi connectivity index (χ2v) is 10.5. The molecule has 0 saturated carbocycles. The molecule has 0 aliphatic heterocycles. The SMILES string of the molecule is COCC(=O)N(CC[C@H](N)CF)[C@@H](c1nc(-c2cc(Cl)ccc2F)nn1Cc1ccccc1)C(C)(C)C. The number of alkyl halides is 1. The number of methoxy groups -OCH3 is 1. The molecule has 200 valence electrons. The summed E-state index contributed by atoms with van der Waals surface area (Å²) in [6.45, 7) is 5.58. The average molecular weight is 534 g/mol. The van der Waals surface area contributed by atoms with E-state index in [1.807, 2.05) is 51.1 Å². The van der Waals surface area contributed by atoms with E-state index in [1.165, 1.54) is 25.3 Å². The van der Waals surface area contributed by atoms with E-state index >= 15 is 0 Å². The minimum absolute atomic E-state index is 0.153. The zero-order valence-corrected chi connectivity index (χ0v) is 22.4. The lowest BCUT2D eigenvalue weighted by Crippen LogP contribution is -2.46.